The predicted octanol–water partition coefficient (Wildman–Crippen LogP) is 2.68. The molecule has 2 aliphatic rings. The van der Waals surface area contributed by atoms with Crippen molar-refractivity contribution < 1.29 is 4.42 Å². The molecule has 1 saturated carbocycles. The second kappa shape index (κ2) is 5.29. The molecule has 0 amide bonds. The van der Waals surface area contributed by atoms with Crippen LogP contribution in [0.15, 0.2) is 28.4 Å². The third-order valence-electron chi connectivity index (χ3n) is 3.78. The average Bonchev–Trinajstić information content (AvgIpc) is 3.10. The van der Waals surface area contributed by atoms with Crippen LogP contribution in [0.2, 0.25) is 0 Å². The first-order valence-corrected chi connectivity index (χ1v) is 6.97. The topological polar surface area (TPSA) is 28.4 Å². The van der Waals surface area contributed by atoms with Crippen LogP contribution in [0.5, 0.6) is 0 Å². The molecular weight excluding hydrogens is 224 g/mol. The van der Waals surface area contributed by atoms with Crippen LogP contribution >= 0.6 is 0 Å². The van der Waals surface area contributed by atoms with Gasteiger partial charge >= 0.3 is 0 Å². The number of furan rings is 1. The fourth-order valence-corrected chi connectivity index (χ4v) is 2.33. The molecule has 0 atom stereocenters. The molecular formula is C15H22N2O. The Bertz CT molecular complexity index is 431. The highest BCUT2D eigenvalue weighted by molar-refractivity contribution is 5.14. The summed E-state index contributed by atoms with van der Waals surface area (Å²) in [6, 6.07) is 2.96. The molecule has 1 aliphatic carbocycles. The first-order chi connectivity index (χ1) is 8.79. The van der Waals surface area contributed by atoms with Gasteiger partial charge in [0.25, 0.3) is 0 Å². The zero-order chi connectivity index (χ0) is 12.4. The largest absolute Gasteiger partial charge is 0.468 e. The van der Waals surface area contributed by atoms with Crippen molar-refractivity contribution in [3.63, 3.8) is 0 Å². The second-order valence-corrected chi connectivity index (χ2v) is 5.61. The molecule has 18 heavy (non-hydrogen) atoms. The Hall–Kier alpha value is -1.06. The normalized spacial score (nSPS) is 21.1. The molecule has 1 aliphatic heterocycles. The Kier molecular flexibility index (Phi) is 3.52. The van der Waals surface area contributed by atoms with Gasteiger partial charge in [-0.1, -0.05) is 11.6 Å². The van der Waals surface area contributed by atoms with E-state index in [-0.39, 0.29) is 0 Å². The lowest BCUT2D eigenvalue weighted by atomic mass is 10.1. The van der Waals surface area contributed by atoms with Crippen LogP contribution in [0.4, 0.5) is 0 Å². The second-order valence-electron chi connectivity index (χ2n) is 5.61. The van der Waals surface area contributed by atoms with Crippen LogP contribution in [0.1, 0.15) is 37.5 Å². The molecule has 98 valence electrons. The lowest BCUT2D eigenvalue weighted by molar-refractivity contribution is 0.261. The van der Waals surface area contributed by atoms with Gasteiger partial charge in [-0.05, 0) is 32.3 Å². The first kappa shape index (κ1) is 12.0. The minimum absolute atomic E-state index is 0.763. The first-order valence-electron chi connectivity index (χ1n) is 6.97. The van der Waals surface area contributed by atoms with Crippen molar-refractivity contribution in [1.82, 2.24) is 10.2 Å². The number of rotatable bonds is 5. The Morgan fingerprint density at radius 3 is 3.06 bits per heavy atom. The van der Waals surface area contributed by atoms with E-state index >= 15 is 0 Å². The van der Waals surface area contributed by atoms with Crippen molar-refractivity contribution in [3.05, 3.63) is 35.3 Å². The fraction of sp³-hybridized carbons (Fsp3) is 0.600. The third-order valence-corrected chi connectivity index (χ3v) is 3.78. The quantitative estimate of drug-likeness (QED) is 0.810. The number of hydrogen-bond donors (Lipinski definition) is 1. The maximum absolute atomic E-state index is 5.64. The molecule has 0 saturated heterocycles. The van der Waals surface area contributed by atoms with E-state index in [0.29, 0.717) is 0 Å². The number of hydrogen-bond acceptors (Lipinski definition) is 3. The summed E-state index contributed by atoms with van der Waals surface area (Å²) in [5, 5.41) is 3.51. The predicted molar refractivity (Wildman–Crippen MR) is 72.2 cm³/mol. The van der Waals surface area contributed by atoms with Crippen LogP contribution in [0, 0.1) is 0 Å². The van der Waals surface area contributed by atoms with Gasteiger partial charge in [0.15, 0.2) is 0 Å². The Balaban J connectivity index is 1.49. The van der Waals surface area contributed by atoms with Crippen LogP contribution in [0.3, 0.4) is 0 Å². The standard InChI is InChI=1S/C15H22N2O/c1-12-4-6-17(7-5-12)10-15-8-13(11-18-15)9-16-14-2-3-14/h4,8,11,14,16H,2-3,5-7,9-10H2,1H3. The highest BCUT2D eigenvalue weighted by atomic mass is 16.3. The molecule has 1 aromatic rings. The van der Waals surface area contributed by atoms with Crippen molar-refractivity contribution in [1.29, 1.82) is 0 Å². The minimum Gasteiger partial charge on any atom is -0.468 e. The van der Waals surface area contributed by atoms with Crippen molar-refractivity contribution in [2.24, 2.45) is 0 Å². The van der Waals surface area contributed by atoms with Crippen molar-refractivity contribution in [2.45, 2.75) is 45.3 Å². The van der Waals surface area contributed by atoms with E-state index in [9.17, 15) is 0 Å². The van der Waals surface area contributed by atoms with Gasteiger partial charge in [-0.2, -0.15) is 0 Å². The zero-order valence-corrected chi connectivity index (χ0v) is 11.1. The van der Waals surface area contributed by atoms with Crippen LogP contribution in [0.25, 0.3) is 0 Å². The van der Waals surface area contributed by atoms with Gasteiger partial charge in [0.2, 0.25) is 0 Å². The van der Waals surface area contributed by atoms with Crippen LogP contribution < -0.4 is 5.32 Å². The molecule has 0 radical (unpaired) electrons. The minimum atomic E-state index is 0.763. The average molecular weight is 246 g/mol. The Labute approximate surface area is 109 Å². The maximum Gasteiger partial charge on any atom is 0.118 e. The van der Waals surface area contributed by atoms with E-state index < -0.39 is 0 Å². The van der Waals surface area contributed by atoms with Gasteiger partial charge in [-0.15, -0.1) is 0 Å². The SMILES string of the molecule is CC1=CCN(Cc2cc(CNC3CC3)co2)CC1. The molecule has 0 unspecified atom stereocenters. The molecule has 0 bridgehead atoms. The summed E-state index contributed by atoms with van der Waals surface area (Å²) in [5.74, 6) is 1.09. The molecule has 2 heterocycles. The van der Waals surface area contributed by atoms with Gasteiger partial charge < -0.3 is 9.73 Å². The highest BCUT2D eigenvalue weighted by Gasteiger charge is 2.20. The summed E-state index contributed by atoms with van der Waals surface area (Å²) in [7, 11) is 0. The zero-order valence-electron chi connectivity index (χ0n) is 11.1. The smallest absolute Gasteiger partial charge is 0.118 e. The van der Waals surface area contributed by atoms with Crippen molar-refractivity contribution >= 4 is 0 Å². The van der Waals surface area contributed by atoms with Gasteiger partial charge in [0, 0.05) is 31.2 Å². The summed E-state index contributed by atoms with van der Waals surface area (Å²) >= 11 is 0. The van der Waals surface area contributed by atoms with Gasteiger partial charge in [0.1, 0.15) is 5.76 Å². The summed E-state index contributed by atoms with van der Waals surface area (Å²) in [6.07, 6.45) is 8.09. The van der Waals surface area contributed by atoms with Crippen LogP contribution in [-0.4, -0.2) is 24.0 Å². The maximum atomic E-state index is 5.64. The molecule has 3 nitrogen and oxygen atoms in total. The van der Waals surface area contributed by atoms with Crippen molar-refractivity contribution in [3.8, 4) is 0 Å². The summed E-state index contributed by atoms with van der Waals surface area (Å²) < 4.78 is 5.64. The lowest BCUT2D eigenvalue weighted by Crippen LogP contribution is -2.27. The van der Waals surface area contributed by atoms with Crippen LogP contribution in [-0.2, 0) is 13.1 Å². The van der Waals surface area contributed by atoms with Gasteiger partial charge in [0.05, 0.1) is 12.8 Å². The molecule has 3 heteroatoms. The van der Waals surface area contributed by atoms with E-state index in [0.717, 1.165) is 38.0 Å². The summed E-state index contributed by atoms with van der Waals surface area (Å²) in [5.41, 5.74) is 2.79. The number of nitrogens with zero attached hydrogens (tertiary/aromatic N) is 1. The molecule has 1 fully saturated rings. The van der Waals surface area contributed by atoms with Gasteiger partial charge in [-0.3, -0.25) is 4.90 Å². The molecule has 1 N–H and O–H groups in total. The van der Waals surface area contributed by atoms with E-state index in [1.807, 2.05) is 6.26 Å². The lowest BCUT2D eigenvalue weighted by Gasteiger charge is -2.23. The Morgan fingerprint density at radius 1 is 1.44 bits per heavy atom. The molecule has 0 spiro atoms. The Morgan fingerprint density at radius 2 is 2.33 bits per heavy atom. The summed E-state index contributed by atoms with van der Waals surface area (Å²) in [4.78, 5) is 2.43. The highest BCUT2D eigenvalue weighted by Crippen LogP contribution is 2.20. The van der Waals surface area contributed by atoms with E-state index in [4.69, 9.17) is 4.42 Å². The monoisotopic (exact) mass is 246 g/mol. The molecule has 3 rings (SSSR count). The van der Waals surface area contributed by atoms with E-state index in [1.54, 1.807) is 0 Å². The third kappa shape index (κ3) is 3.24. The van der Waals surface area contributed by atoms with Crippen molar-refractivity contribution in [2.75, 3.05) is 13.1 Å². The number of nitrogens with one attached hydrogen (secondary N) is 1. The molecule has 0 aromatic carbocycles. The van der Waals surface area contributed by atoms with E-state index in [1.165, 1.54) is 30.4 Å². The van der Waals surface area contributed by atoms with Gasteiger partial charge in [-0.25, -0.2) is 0 Å². The summed E-state index contributed by atoms with van der Waals surface area (Å²) in [6.45, 7) is 6.31. The fourth-order valence-electron chi connectivity index (χ4n) is 2.33. The molecule has 1 aromatic heterocycles. The van der Waals surface area contributed by atoms with E-state index in [2.05, 4.69) is 29.3 Å².